The fourth-order valence-corrected chi connectivity index (χ4v) is 2.83. The summed E-state index contributed by atoms with van der Waals surface area (Å²) in [5, 5.41) is 5.54. The largest absolute Gasteiger partial charge is 0.491 e. The van der Waals surface area contributed by atoms with Gasteiger partial charge in [0.2, 0.25) is 5.91 Å². The molecule has 1 aromatic carbocycles. The van der Waals surface area contributed by atoms with Crippen LogP contribution in [-0.2, 0) is 11.3 Å². The van der Waals surface area contributed by atoms with Crippen LogP contribution >= 0.6 is 0 Å². The molecule has 0 saturated carbocycles. The zero-order valence-corrected chi connectivity index (χ0v) is 15.2. The van der Waals surface area contributed by atoms with Crippen LogP contribution in [0.25, 0.3) is 0 Å². The van der Waals surface area contributed by atoms with E-state index < -0.39 is 0 Å². The molecule has 1 aliphatic rings. The Labute approximate surface area is 149 Å². The molecule has 0 bridgehead atoms. The van der Waals surface area contributed by atoms with Gasteiger partial charge in [0, 0.05) is 32.6 Å². The van der Waals surface area contributed by atoms with Crippen molar-refractivity contribution in [3.05, 3.63) is 29.8 Å². The second-order valence-corrected chi connectivity index (χ2v) is 6.61. The molecule has 0 aromatic heterocycles. The average molecular weight is 347 g/mol. The molecule has 1 aromatic rings. The van der Waals surface area contributed by atoms with Crippen molar-refractivity contribution in [1.29, 1.82) is 0 Å². The fourth-order valence-electron chi connectivity index (χ4n) is 2.83. The van der Waals surface area contributed by atoms with Crippen LogP contribution in [0.2, 0.25) is 0 Å². The summed E-state index contributed by atoms with van der Waals surface area (Å²) in [6.07, 6.45) is 3.83. The molecule has 1 saturated heterocycles. The van der Waals surface area contributed by atoms with Crippen molar-refractivity contribution in [3.63, 3.8) is 0 Å². The molecule has 2 rings (SSSR count). The van der Waals surface area contributed by atoms with Crippen molar-refractivity contribution < 1.29 is 14.3 Å². The van der Waals surface area contributed by atoms with Crippen molar-refractivity contribution >= 4 is 11.9 Å². The van der Waals surface area contributed by atoms with E-state index in [0.717, 1.165) is 37.2 Å². The highest BCUT2D eigenvalue weighted by molar-refractivity contribution is 5.78. The number of nitrogens with one attached hydrogen (secondary N) is 2. The zero-order chi connectivity index (χ0) is 18.1. The smallest absolute Gasteiger partial charge is 0.315 e. The van der Waals surface area contributed by atoms with E-state index in [1.54, 1.807) is 0 Å². The number of carbonyl (C=O) groups excluding carboxylic acids is 2. The maximum atomic E-state index is 12.0. The van der Waals surface area contributed by atoms with Crippen LogP contribution < -0.4 is 15.4 Å². The minimum absolute atomic E-state index is 0.115. The third-order valence-electron chi connectivity index (χ3n) is 4.06. The SMILES string of the molecule is CC(C)Oc1cccc(CNC(=O)NCCC(=O)N2CCCCC2)c1. The highest BCUT2D eigenvalue weighted by Gasteiger charge is 2.16. The van der Waals surface area contributed by atoms with Crippen LogP contribution in [0.5, 0.6) is 5.75 Å². The van der Waals surface area contributed by atoms with Crippen molar-refractivity contribution in [1.82, 2.24) is 15.5 Å². The van der Waals surface area contributed by atoms with E-state index in [2.05, 4.69) is 10.6 Å². The molecule has 3 amide bonds. The number of piperidine rings is 1. The van der Waals surface area contributed by atoms with Crippen molar-refractivity contribution in [2.75, 3.05) is 19.6 Å². The third-order valence-corrected chi connectivity index (χ3v) is 4.06. The summed E-state index contributed by atoms with van der Waals surface area (Å²) in [5.74, 6) is 0.917. The van der Waals surface area contributed by atoms with Gasteiger partial charge in [0.05, 0.1) is 6.10 Å². The Morgan fingerprint density at radius 1 is 1.16 bits per heavy atom. The van der Waals surface area contributed by atoms with Crippen LogP contribution in [0.1, 0.15) is 45.1 Å². The number of rotatable bonds is 7. The van der Waals surface area contributed by atoms with E-state index in [1.165, 1.54) is 6.42 Å². The van der Waals surface area contributed by atoms with Crippen molar-refractivity contribution in [2.24, 2.45) is 0 Å². The summed E-state index contributed by atoms with van der Waals surface area (Å²) >= 11 is 0. The standard InChI is InChI=1S/C19H29N3O3/c1-15(2)25-17-8-6-7-16(13-17)14-21-19(24)20-10-9-18(23)22-11-4-3-5-12-22/h6-8,13,15H,3-5,9-12,14H2,1-2H3,(H2,20,21,24). The van der Waals surface area contributed by atoms with Gasteiger partial charge in [0.15, 0.2) is 0 Å². The zero-order valence-electron chi connectivity index (χ0n) is 15.2. The van der Waals surface area contributed by atoms with Gasteiger partial charge in [-0.2, -0.15) is 0 Å². The maximum absolute atomic E-state index is 12.0. The van der Waals surface area contributed by atoms with Crippen LogP contribution in [-0.4, -0.2) is 42.6 Å². The summed E-state index contributed by atoms with van der Waals surface area (Å²) in [4.78, 5) is 25.8. The van der Waals surface area contributed by atoms with Gasteiger partial charge in [-0.1, -0.05) is 12.1 Å². The van der Waals surface area contributed by atoms with Gasteiger partial charge in [-0.15, -0.1) is 0 Å². The molecule has 0 radical (unpaired) electrons. The quantitative estimate of drug-likeness (QED) is 0.797. The second kappa shape index (κ2) is 9.91. The van der Waals surface area contributed by atoms with E-state index in [-0.39, 0.29) is 18.0 Å². The number of benzene rings is 1. The predicted molar refractivity (Wildman–Crippen MR) is 97.5 cm³/mol. The molecule has 1 heterocycles. The highest BCUT2D eigenvalue weighted by Crippen LogP contribution is 2.14. The number of amides is 3. The van der Waals surface area contributed by atoms with Gasteiger partial charge in [-0.05, 0) is 50.8 Å². The molecule has 0 atom stereocenters. The Balaban J connectivity index is 1.66. The Hall–Kier alpha value is -2.24. The monoisotopic (exact) mass is 347 g/mol. The van der Waals surface area contributed by atoms with Crippen molar-refractivity contribution in [2.45, 2.75) is 52.2 Å². The Morgan fingerprint density at radius 3 is 2.64 bits per heavy atom. The van der Waals surface area contributed by atoms with E-state index in [1.807, 2.05) is 43.0 Å². The molecular weight excluding hydrogens is 318 g/mol. The molecule has 6 nitrogen and oxygen atoms in total. The molecule has 0 spiro atoms. The molecule has 0 unspecified atom stereocenters. The number of hydrogen-bond acceptors (Lipinski definition) is 3. The molecule has 1 fully saturated rings. The number of hydrogen-bond donors (Lipinski definition) is 2. The van der Waals surface area contributed by atoms with Crippen LogP contribution in [0.4, 0.5) is 4.79 Å². The minimum Gasteiger partial charge on any atom is -0.491 e. The summed E-state index contributed by atoms with van der Waals surface area (Å²) in [6.45, 7) is 6.42. The summed E-state index contributed by atoms with van der Waals surface area (Å²) < 4.78 is 5.64. The number of ether oxygens (including phenoxy) is 1. The molecule has 0 aliphatic carbocycles. The summed E-state index contributed by atoms with van der Waals surface area (Å²) in [6, 6.07) is 7.40. The lowest BCUT2D eigenvalue weighted by Crippen LogP contribution is -2.40. The fraction of sp³-hybridized carbons (Fsp3) is 0.579. The van der Waals surface area contributed by atoms with E-state index >= 15 is 0 Å². The van der Waals surface area contributed by atoms with E-state index in [0.29, 0.717) is 19.5 Å². The van der Waals surface area contributed by atoms with Crippen molar-refractivity contribution in [3.8, 4) is 5.75 Å². The van der Waals surface area contributed by atoms with E-state index in [4.69, 9.17) is 4.74 Å². The van der Waals surface area contributed by atoms with Gasteiger partial charge in [-0.3, -0.25) is 4.79 Å². The van der Waals surface area contributed by atoms with E-state index in [9.17, 15) is 9.59 Å². The molecule has 2 N–H and O–H groups in total. The molecule has 138 valence electrons. The Bertz CT molecular complexity index is 569. The molecule has 6 heteroatoms. The summed E-state index contributed by atoms with van der Waals surface area (Å²) in [7, 11) is 0. The molecule has 1 aliphatic heterocycles. The van der Waals surface area contributed by atoms with Gasteiger partial charge in [-0.25, -0.2) is 4.79 Å². The first-order chi connectivity index (χ1) is 12.0. The highest BCUT2D eigenvalue weighted by atomic mass is 16.5. The number of likely N-dealkylation sites (tertiary alicyclic amines) is 1. The van der Waals surface area contributed by atoms with Crippen LogP contribution in [0.3, 0.4) is 0 Å². The van der Waals surface area contributed by atoms with Crippen LogP contribution in [0.15, 0.2) is 24.3 Å². The van der Waals surface area contributed by atoms with Crippen LogP contribution in [0, 0.1) is 0 Å². The lowest BCUT2D eigenvalue weighted by molar-refractivity contribution is -0.131. The van der Waals surface area contributed by atoms with Gasteiger partial charge < -0.3 is 20.3 Å². The Kier molecular flexibility index (Phi) is 7.57. The Morgan fingerprint density at radius 2 is 1.92 bits per heavy atom. The first-order valence-corrected chi connectivity index (χ1v) is 9.09. The van der Waals surface area contributed by atoms with Gasteiger partial charge >= 0.3 is 6.03 Å². The predicted octanol–water partition coefficient (Wildman–Crippen LogP) is 2.68. The summed E-state index contributed by atoms with van der Waals surface area (Å²) in [5.41, 5.74) is 0.970. The lowest BCUT2D eigenvalue weighted by atomic mass is 10.1. The lowest BCUT2D eigenvalue weighted by Gasteiger charge is -2.26. The minimum atomic E-state index is -0.262. The molecular formula is C19H29N3O3. The van der Waals surface area contributed by atoms with Gasteiger partial charge in [0.1, 0.15) is 5.75 Å². The topological polar surface area (TPSA) is 70.7 Å². The first kappa shape index (κ1) is 19.1. The third kappa shape index (κ3) is 7.03. The average Bonchev–Trinajstić information content (AvgIpc) is 2.60. The van der Waals surface area contributed by atoms with Gasteiger partial charge in [0.25, 0.3) is 0 Å². The normalized spacial score (nSPS) is 14.3. The first-order valence-electron chi connectivity index (χ1n) is 9.09. The number of nitrogens with zero attached hydrogens (tertiary/aromatic N) is 1. The molecule has 25 heavy (non-hydrogen) atoms. The number of urea groups is 1. The number of carbonyl (C=O) groups is 2. The second-order valence-electron chi connectivity index (χ2n) is 6.61. The maximum Gasteiger partial charge on any atom is 0.315 e.